The third kappa shape index (κ3) is 1.89. The summed E-state index contributed by atoms with van der Waals surface area (Å²) < 4.78 is 0. The summed E-state index contributed by atoms with van der Waals surface area (Å²) in [5.74, 6) is 2.31. The lowest BCUT2D eigenvalue weighted by atomic mass is 9.68. The fraction of sp³-hybridized carbons (Fsp3) is 0.786. The zero-order valence-electron chi connectivity index (χ0n) is 10.2. The second kappa shape index (κ2) is 4.11. The Bertz CT molecular complexity index is 298. The van der Waals surface area contributed by atoms with E-state index in [0.29, 0.717) is 23.5 Å². The van der Waals surface area contributed by atoms with Crippen molar-refractivity contribution in [1.29, 1.82) is 0 Å². The van der Waals surface area contributed by atoms with E-state index < -0.39 is 0 Å². The van der Waals surface area contributed by atoms with E-state index in [4.69, 9.17) is 0 Å². The molecular weight excluding hydrogens is 184 g/mol. The molecule has 0 bridgehead atoms. The summed E-state index contributed by atoms with van der Waals surface area (Å²) >= 11 is 0. The third-order valence-corrected chi connectivity index (χ3v) is 4.18. The molecule has 1 nitrogen and oxygen atoms in total. The molecule has 0 amide bonds. The Hall–Kier alpha value is -0.590. The summed E-state index contributed by atoms with van der Waals surface area (Å²) in [7, 11) is 0. The summed E-state index contributed by atoms with van der Waals surface area (Å²) in [6.45, 7) is 6.81. The van der Waals surface area contributed by atoms with E-state index >= 15 is 0 Å². The van der Waals surface area contributed by atoms with E-state index in [-0.39, 0.29) is 0 Å². The van der Waals surface area contributed by atoms with Crippen LogP contribution in [0.3, 0.4) is 0 Å². The van der Waals surface area contributed by atoms with E-state index in [1.807, 2.05) is 0 Å². The Balaban J connectivity index is 2.38. The van der Waals surface area contributed by atoms with Gasteiger partial charge < -0.3 is 0 Å². The molecule has 84 valence electrons. The lowest BCUT2D eigenvalue weighted by molar-refractivity contribution is -0.117. The molecule has 2 rings (SSSR count). The zero-order chi connectivity index (χ0) is 11.0. The molecule has 0 spiro atoms. The third-order valence-electron chi connectivity index (χ3n) is 4.18. The maximum Gasteiger partial charge on any atom is 0.159 e. The van der Waals surface area contributed by atoms with Crippen LogP contribution in [0, 0.1) is 17.8 Å². The number of hydrogen-bond acceptors (Lipinski definition) is 1. The van der Waals surface area contributed by atoms with Crippen LogP contribution in [-0.4, -0.2) is 5.78 Å². The normalized spacial score (nSPS) is 32.1. The van der Waals surface area contributed by atoms with Crippen molar-refractivity contribution in [3.8, 4) is 0 Å². The number of carbonyl (C=O) groups excluding carboxylic acids is 1. The van der Waals surface area contributed by atoms with Gasteiger partial charge in [-0.3, -0.25) is 4.79 Å². The van der Waals surface area contributed by atoms with Crippen molar-refractivity contribution in [3.05, 3.63) is 11.1 Å². The zero-order valence-corrected chi connectivity index (χ0v) is 10.2. The monoisotopic (exact) mass is 206 g/mol. The minimum absolute atomic E-state index is 0.460. The molecule has 0 unspecified atom stereocenters. The van der Waals surface area contributed by atoms with Gasteiger partial charge in [0.25, 0.3) is 0 Å². The highest BCUT2D eigenvalue weighted by Crippen LogP contribution is 2.43. The van der Waals surface area contributed by atoms with Crippen LogP contribution in [-0.2, 0) is 4.79 Å². The van der Waals surface area contributed by atoms with E-state index in [1.54, 1.807) is 0 Å². The number of rotatable bonds is 1. The molecule has 0 aromatic heterocycles. The van der Waals surface area contributed by atoms with Gasteiger partial charge in [-0.2, -0.15) is 0 Å². The van der Waals surface area contributed by atoms with Gasteiger partial charge in [0.2, 0.25) is 0 Å². The van der Waals surface area contributed by atoms with Gasteiger partial charge in [0.05, 0.1) is 0 Å². The fourth-order valence-electron chi connectivity index (χ4n) is 3.26. The summed E-state index contributed by atoms with van der Waals surface area (Å²) in [5.41, 5.74) is 2.76. The first-order chi connectivity index (χ1) is 7.11. The maximum absolute atomic E-state index is 12.0. The maximum atomic E-state index is 12.0. The molecule has 0 saturated carbocycles. The lowest BCUT2D eigenvalue weighted by Gasteiger charge is -2.36. The summed E-state index contributed by atoms with van der Waals surface area (Å²) in [4.78, 5) is 12.0. The van der Waals surface area contributed by atoms with Crippen molar-refractivity contribution in [2.75, 3.05) is 0 Å². The smallest absolute Gasteiger partial charge is 0.159 e. The van der Waals surface area contributed by atoms with Crippen LogP contribution in [0.4, 0.5) is 0 Å². The highest BCUT2D eigenvalue weighted by atomic mass is 16.1. The Morgan fingerprint density at radius 3 is 2.60 bits per heavy atom. The Labute approximate surface area is 92.9 Å². The van der Waals surface area contributed by atoms with Gasteiger partial charge in [-0.05, 0) is 49.0 Å². The van der Waals surface area contributed by atoms with Crippen molar-refractivity contribution in [3.63, 3.8) is 0 Å². The van der Waals surface area contributed by atoms with E-state index in [2.05, 4.69) is 20.8 Å². The minimum atomic E-state index is 0.460. The van der Waals surface area contributed by atoms with Gasteiger partial charge in [-0.1, -0.05) is 26.3 Å². The first kappa shape index (κ1) is 10.9. The SMILES string of the molecule is CC(C)[C@@H]1CC[C@H](C)C2=C1C(=O)CCC2. The number of Topliss-reactive ketones (excluding diaryl/α,β-unsaturated/α-hetero) is 1. The van der Waals surface area contributed by atoms with Crippen LogP contribution in [0.1, 0.15) is 52.9 Å². The van der Waals surface area contributed by atoms with Crippen LogP contribution < -0.4 is 0 Å². The quantitative estimate of drug-likeness (QED) is 0.638. The number of allylic oxidation sites excluding steroid dienone is 2. The van der Waals surface area contributed by atoms with Gasteiger partial charge in [0.15, 0.2) is 5.78 Å². The van der Waals surface area contributed by atoms with Crippen LogP contribution >= 0.6 is 0 Å². The standard InChI is InChI=1S/C14H22O/c1-9(2)11-8-7-10(3)12-5-4-6-13(15)14(11)12/h9-11H,4-8H2,1-3H3/t10-,11-/m0/s1. The van der Waals surface area contributed by atoms with Gasteiger partial charge in [0.1, 0.15) is 0 Å². The number of ketones is 1. The molecule has 0 aliphatic heterocycles. The Morgan fingerprint density at radius 1 is 1.20 bits per heavy atom. The van der Waals surface area contributed by atoms with Crippen molar-refractivity contribution >= 4 is 5.78 Å². The molecule has 15 heavy (non-hydrogen) atoms. The molecule has 0 fully saturated rings. The fourth-order valence-corrected chi connectivity index (χ4v) is 3.26. The topological polar surface area (TPSA) is 17.1 Å². The van der Waals surface area contributed by atoms with Gasteiger partial charge in [-0.25, -0.2) is 0 Å². The predicted octanol–water partition coefficient (Wildman–Crippen LogP) is 3.74. The molecular formula is C14H22O. The second-order valence-electron chi connectivity index (χ2n) is 5.54. The largest absolute Gasteiger partial charge is 0.295 e. The van der Waals surface area contributed by atoms with Gasteiger partial charge in [0, 0.05) is 6.42 Å². The average molecular weight is 206 g/mol. The van der Waals surface area contributed by atoms with Crippen LogP contribution in [0.5, 0.6) is 0 Å². The highest BCUT2D eigenvalue weighted by Gasteiger charge is 2.34. The van der Waals surface area contributed by atoms with Crippen molar-refractivity contribution < 1.29 is 4.79 Å². The highest BCUT2D eigenvalue weighted by molar-refractivity contribution is 5.97. The molecule has 2 atom stereocenters. The summed E-state index contributed by atoms with van der Waals surface area (Å²) in [5, 5.41) is 0. The lowest BCUT2D eigenvalue weighted by Crippen LogP contribution is -2.29. The predicted molar refractivity (Wildman–Crippen MR) is 62.6 cm³/mol. The molecule has 0 aromatic rings. The molecule has 2 aliphatic rings. The first-order valence-corrected chi connectivity index (χ1v) is 6.37. The molecule has 2 aliphatic carbocycles. The second-order valence-corrected chi connectivity index (χ2v) is 5.54. The summed E-state index contributed by atoms with van der Waals surface area (Å²) in [6.07, 6.45) is 5.59. The molecule has 0 radical (unpaired) electrons. The Kier molecular flexibility index (Phi) is 2.99. The molecule has 1 heteroatoms. The van der Waals surface area contributed by atoms with Crippen LogP contribution in [0.15, 0.2) is 11.1 Å². The van der Waals surface area contributed by atoms with E-state index in [0.717, 1.165) is 12.8 Å². The first-order valence-electron chi connectivity index (χ1n) is 6.37. The Morgan fingerprint density at radius 2 is 1.93 bits per heavy atom. The van der Waals surface area contributed by atoms with Crippen LogP contribution in [0.25, 0.3) is 0 Å². The average Bonchev–Trinajstić information content (AvgIpc) is 2.19. The van der Waals surface area contributed by atoms with E-state index in [1.165, 1.54) is 30.4 Å². The van der Waals surface area contributed by atoms with E-state index in [9.17, 15) is 4.79 Å². The summed E-state index contributed by atoms with van der Waals surface area (Å²) in [6, 6.07) is 0. The molecule has 0 heterocycles. The molecule has 0 aromatic carbocycles. The van der Waals surface area contributed by atoms with Gasteiger partial charge >= 0.3 is 0 Å². The molecule has 0 saturated heterocycles. The van der Waals surface area contributed by atoms with Crippen molar-refractivity contribution in [2.24, 2.45) is 17.8 Å². The van der Waals surface area contributed by atoms with Crippen molar-refractivity contribution in [1.82, 2.24) is 0 Å². The van der Waals surface area contributed by atoms with Crippen molar-refractivity contribution in [2.45, 2.75) is 52.9 Å². The molecule has 0 N–H and O–H groups in total. The number of hydrogen-bond donors (Lipinski definition) is 0. The van der Waals surface area contributed by atoms with Gasteiger partial charge in [-0.15, -0.1) is 0 Å². The minimum Gasteiger partial charge on any atom is -0.295 e. The van der Waals surface area contributed by atoms with Crippen LogP contribution in [0.2, 0.25) is 0 Å². The number of carbonyl (C=O) groups is 1.